The lowest BCUT2D eigenvalue weighted by Crippen LogP contribution is -2.45. The lowest BCUT2D eigenvalue weighted by molar-refractivity contribution is -0.141. The number of nitrogens with one attached hydrogen (secondary N) is 1. The number of halogens is 1. The van der Waals surface area contributed by atoms with Crippen LogP contribution in [0.2, 0.25) is 0 Å². The number of aryl methyl sites for hydroxylation is 1. The third-order valence-electron chi connectivity index (χ3n) is 5.81. The molecule has 6 heteroatoms. The normalized spacial score (nSPS) is 13.8. The number of amides is 2. The third-order valence-corrected chi connectivity index (χ3v) is 6.34. The van der Waals surface area contributed by atoms with Crippen LogP contribution in [0.1, 0.15) is 42.0 Å². The molecule has 0 aromatic heterocycles. The highest BCUT2D eigenvalue weighted by Crippen LogP contribution is 2.36. The quantitative estimate of drug-likeness (QED) is 0.422. The molecule has 1 fully saturated rings. The minimum atomic E-state index is -0.679. The molecule has 0 radical (unpaired) electrons. The van der Waals surface area contributed by atoms with Gasteiger partial charge in [-0.2, -0.15) is 0 Å². The maximum absolute atomic E-state index is 13.4. The van der Waals surface area contributed by atoms with Crippen molar-refractivity contribution in [1.82, 2.24) is 10.2 Å². The van der Waals surface area contributed by atoms with Crippen LogP contribution in [0.4, 0.5) is 0 Å². The Kier molecular flexibility index (Phi) is 7.45. The lowest BCUT2D eigenvalue weighted by Gasteiger charge is -2.32. The van der Waals surface area contributed by atoms with E-state index in [0.717, 1.165) is 34.0 Å². The zero-order chi connectivity index (χ0) is 23.2. The number of rotatable bonds is 9. The average molecular weight is 507 g/mol. The zero-order valence-electron chi connectivity index (χ0n) is 18.3. The second kappa shape index (κ2) is 10.7. The van der Waals surface area contributed by atoms with Crippen LogP contribution in [-0.4, -0.2) is 27.9 Å². The molecule has 0 bridgehead atoms. The standard InChI is InChI=1S/C27H27BrN2O3/c28-22-11-9-21(10-12-22)26(27(33)29-18-20-4-2-1-3-5-20)30(23-13-14-23)25(32)17-8-19-6-15-24(31)16-7-19/h1-7,9-12,15-16,23,26,31H,8,13-14,17-18H2,(H,29,33). The van der Waals surface area contributed by atoms with Crippen molar-refractivity contribution in [3.8, 4) is 5.75 Å². The molecule has 3 aromatic rings. The molecule has 1 unspecified atom stereocenters. The van der Waals surface area contributed by atoms with E-state index < -0.39 is 6.04 Å². The summed E-state index contributed by atoms with van der Waals surface area (Å²) in [5.41, 5.74) is 2.79. The fraction of sp³-hybridized carbons (Fsp3) is 0.259. The van der Waals surface area contributed by atoms with Gasteiger partial charge in [-0.25, -0.2) is 0 Å². The van der Waals surface area contributed by atoms with Gasteiger partial charge in [0.05, 0.1) is 0 Å². The number of nitrogens with zero attached hydrogens (tertiary/aromatic N) is 1. The van der Waals surface area contributed by atoms with Gasteiger partial charge in [0.2, 0.25) is 11.8 Å². The summed E-state index contributed by atoms with van der Waals surface area (Å²) in [6.45, 7) is 0.410. The summed E-state index contributed by atoms with van der Waals surface area (Å²) in [5, 5.41) is 12.5. The average Bonchev–Trinajstić information content (AvgIpc) is 3.67. The number of phenols is 1. The van der Waals surface area contributed by atoms with Gasteiger partial charge in [-0.3, -0.25) is 9.59 Å². The van der Waals surface area contributed by atoms with Gasteiger partial charge < -0.3 is 15.3 Å². The third kappa shape index (κ3) is 6.23. The zero-order valence-corrected chi connectivity index (χ0v) is 19.9. The lowest BCUT2D eigenvalue weighted by atomic mass is 10.0. The van der Waals surface area contributed by atoms with Crippen LogP contribution in [0, 0.1) is 0 Å². The van der Waals surface area contributed by atoms with E-state index in [9.17, 15) is 14.7 Å². The van der Waals surface area contributed by atoms with Crippen LogP contribution >= 0.6 is 15.9 Å². The van der Waals surface area contributed by atoms with E-state index in [1.807, 2.05) is 66.7 Å². The van der Waals surface area contributed by atoms with E-state index in [1.165, 1.54) is 0 Å². The molecule has 0 spiro atoms. The van der Waals surface area contributed by atoms with Gasteiger partial charge in [0.1, 0.15) is 11.8 Å². The molecule has 170 valence electrons. The van der Waals surface area contributed by atoms with Crippen LogP contribution in [-0.2, 0) is 22.6 Å². The number of phenolic OH excluding ortho intramolecular Hbond substituents is 1. The smallest absolute Gasteiger partial charge is 0.247 e. The highest BCUT2D eigenvalue weighted by atomic mass is 79.9. The topological polar surface area (TPSA) is 69.6 Å². The summed E-state index contributed by atoms with van der Waals surface area (Å²) in [5.74, 6) is -0.00510. The molecule has 2 N–H and O–H groups in total. The van der Waals surface area contributed by atoms with Crippen molar-refractivity contribution in [1.29, 1.82) is 0 Å². The van der Waals surface area contributed by atoms with Gasteiger partial charge in [-0.1, -0.05) is 70.5 Å². The largest absolute Gasteiger partial charge is 0.508 e. The molecule has 1 aliphatic rings. The van der Waals surface area contributed by atoms with Crippen LogP contribution in [0.5, 0.6) is 5.75 Å². The highest BCUT2D eigenvalue weighted by molar-refractivity contribution is 9.10. The molecule has 0 saturated heterocycles. The van der Waals surface area contributed by atoms with Gasteiger partial charge in [-0.15, -0.1) is 0 Å². The molecule has 5 nitrogen and oxygen atoms in total. The maximum Gasteiger partial charge on any atom is 0.247 e. The Morgan fingerprint density at radius 3 is 2.24 bits per heavy atom. The minimum absolute atomic E-state index is 0.0339. The number of carbonyl (C=O) groups excluding carboxylic acids is 2. The molecule has 2 amide bonds. The fourth-order valence-electron chi connectivity index (χ4n) is 3.92. The minimum Gasteiger partial charge on any atom is -0.508 e. The molecule has 3 aromatic carbocycles. The molecule has 1 aliphatic carbocycles. The maximum atomic E-state index is 13.4. The summed E-state index contributed by atoms with van der Waals surface area (Å²) in [6, 6.07) is 23.7. The summed E-state index contributed by atoms with van der Waals surface area (Å²) in [4.78, 5) is 28.6. The van der Waals surface area contributed by atoms with Gasteiger partial charge in [0.15, 0.2) is 0 Å². The molecule has 4 rings (SSSR count). The second-order valence-electron chi connectivity index (χ2n) is 8.36. The second-order valence-corrected chi connectivity index (χ2v) is 9.27. The molecule has 0 aliphatic heterocycles. The molecular formula is C27H27BrN2O3. The van der Waals surface area contributed by atoms with Crippen LogP contribution in [0.25, 0.3) is 0 Å². The Bertz CT molecular complexity index is 1080. The van der Waals surface area contributed by atoms with E-state index in [4.69, 9.17) is 0 Å². The molecule has 33 heavy (non-hydrogen) atoms. The number of hydrogen-bond acceptors (Lipinski definition) is 3. The number of hydrogen-bond donors (Lipinski definition) is 2. The van der Waals surface area contributed by atoms with Crippen LogP contribution < -0.4 is 5.32 Å². The van der Waals surface area contributed by atoms with E-state index in [-0.39, 0.29) is 23.6 Å². The van der Waals surface area contributed by atoms with Crippen molar-refractivity contribution in [3.05, 3.63) is 100 Å². The molecule has 1 saturated carbocycles. The van der Waals surface area contributed by atoms with Gasteiger partial charge in [0, 0.05) is 23.5 Å². The van der Waals surface area contributed by atoms with Crippen LogP contribution in [0.15, 0.2) is 83.3 Å². The first-order valence-electron chi connectivity index (χ1n) is 11.2. The van der Waals surface area contributed by atoms with E-state index >= 15 is 0 Å². The summed E-state index contributed by atoms with van der Waals surface area (Å²) in [6.07, 6.45) is 2.68. The van der Waals surface area contributed by atoms with E-state index in [2.05, 4.69) is 21.2 Å². The Hall–Kier alpha value is -3.12. The summed E-state index contributed by atoms with van der Waals surface area (Å²) in [7, 11) is 0. The predicted octanol–water partition coefficient (Wildman–Crippen LogP) is 5.14. The van der Waals surface area contributed by atoms with Crippen molar-refractivity contribution in [2.24, 2.45) is 0 Å². The van der Waals surface area contributed by atoms with E-state index in [1.54, 1.807) is 17.0 Å². The number of carbonyl (C=O) groups is 2. The Morgan fingerprint density at radius 2 is 1.61 bits per heavy atom. The Morgan fingerprint density at radius 1 is 0.939 bits per heavy atom. The van der Waals surface area contributed by atoms with E-state index in [0.29, 0.717) is 19.4 Å². The van der Waals surface area contributed by atoms with Crippen molar-refractivity contribution >= 4 is 27.7 Å². The Labute approximate surface area is 202 Å². The SMILES string of the molecule is O=C(NCc1ccccc1)C(c1ccc(Br)cc1)N(C(=O)CCc1ccc(O)cc1)C1CC1. The number of aromatic hydroxyl groups is 1. The van der Waals surface area contributed by atoms with Crippen molar-refractivity contribution in [3.63, 3.8) is 0 Å². The molecular weight excluding hydrogens is 480 g/mol. The first-order chi connectivity index (χ1) is 16.0. The monoisotopic (exact) mass is 506 g/mol. The van der Waals surface area contributed by atoms with Crippen LogP contribution in [0.3, 0.4) is 0 Å². The highest BCUT2D eigenvalue weighted by Gasteiger charge is 2.40. The van der Waals surface area contributed by atoms with Crippen molar-refractivity contribution in [2.75, 3.05) is 0 Å². The first kappa shape index (κ1) is 23.1. The van der Waals surface area contributed by atoms with Crippen molar-refractivity contribution in [2.45, 2.75) is 44.3 Å². The van der Waals surface area contributed by atoms with Crippen molar-refractivity contribution < 1.29 is 14.7 Å². The summed E-state index contributed by atoms with van der Waals surface area (Å²) >= 11 is 3.46. The first-order valence-corrected chi connectivity index (χ1v) is 12.0. The van der Waals surface area contributed by atoms with Gasteiger partial charge in [-0.05, 0) is 60.2 Å². The molecule has 0 heterocycles. The molecule has 1 atom stereocenters. The predicted molar refractivity (Wildman–Crippen MR) is 131 cm³/mol. The Balaban J connectivity index is 1.54. The fourth-order valence-corrected chi connectivity index (χ4v) is 4.18. The van der Waals surface area contributed by atoms with Gasteiger partial charge in [0.25, 0.3) is 0 Å². The summed E-state index contributed by atoms with van der Waals surface area (Å²) < 4.78 is 0.923. The van der Waals surface area contributed by atoms with Gasteiger partial charge >= 0.3 is 0 Å². The number of benzene rings is 3.